The number of rotatable bonds is 6. The van der Waals surface area contributed by atoms with Crippen molar-refractivity contribution in [2.75, 3.05) is 31.6 Å². The molecule has 1 amide bonds. The number of Topliss-reactive ketones (excluding diaryl/α,β-unsaturated/α-hetero) is 1. The summed E-state index contributed by atoms with van der Waals surface area (Å²) >= 11 is 0. The maximum Gasteiger partial charge on any atom is 0.222 e. The van der Waals surface area contributed by atoms with Crippen LogP contribution in [0.2, 0.25) is 0 Å². The lowest BCUT2D eigenvalue weighted by molar-refractivity contribution is -0.135. The molecule has 1 aliphatic heterocycles. The molecule has 1 heterocycles. The molecular formula is C32H40N2O3. The van der Waals surface area contributed by atoms with Gasteiger partial charge in [0.25, 0.3) is 0 Å². The summed E-state index contributed by atoms with van der Waals surface area (Å²) < 4.78 is 5.39. The van der Waals surface area contributed by atoms with Crippen LogP contribution in [0.1, 0.15) is 68.9 Å². The first-order chi connectivity index (χ1) is 18.0. The number of ether oxygens (including phenoxy) is 1. The number of hydrogen-bond donors (Lipinski definition) is 1. The van der Waals surface area contributed by atoms with Crippen molar-refractivity contribution in [3.63, 3.8) is 0 Å². The van der Waals surface area contributed by atoms with Crippen LogP contribution in [0.25, 0.3) is 0 Å². The van der Waals surface area contributed by atoms with Crippen molar-refractivity contribution < 1.29 is 14.3 Å². The second kappa shape index (κ2) is 10.2. The van der Waals surface area contributed by atoms with Crippen molar-refractivity contribution in [2.24, 2.45) is 23.2 Å². The van der Waals surface area contributed by atoms with E-state index in [0.29, 0.717) is 68.6 Å². The lowest BCUT2D eigenvalue weighted by atomic mass is 9.54. The van der Waals surface area contributed by atoms with Gasteiger partial charge in [-0.15, -0.1) is 0 Å². The smallest absolute Gasteiger partial charge is 0.222 e. The molecule has 5 atom stereocenters. The lowest BCUT2D eigenvalue weighted by Crippen LogP contribution is -2.44. The third-order valence-corrected chi connectivity index (χ3v) is 9.96. The summed E-state index contributed by atoms with van der Waals surface area (Å²) in [4.78, 5) is 28.0. The van der Waals surface area contributed by atoms with Gasteiger partial charge >= 0.3 is 0 Å². The summed E-state index contributed by atoms with van der Waals surface area (Å²) in [6, 6.07) is 17.3. The third kappa shape index (κ3) is 4.71. The van der Waals surface area contributed by atoms with Crippen LogP contribution < -0.4 is 5.32 Å². The fourth-order valence-corrected chi connectivity index (χ4v) is 8.16. The van der Waals surface area contributed by atoms with Crippen LogP contribution in [0.5, 0.6) is 0 Å². The number of para-hydroxylation sites is 1. The molecule has 196 valence electrons. The van der Waals surface area contributed by atoms with Gasteiger partial charge in [0.15, 0.2) is 0 Å². The van der Waals surface area contributed by atoms with E-state index >= 15 is 0 Å². The number of carbonyl (C=O) groups is 2. The predicted molar refractivity (Wildman–Crippen MR) is 146 cm³/mol. The molecule has 5 nitrogen and oxygen atoms in total. The average Bonchev–Trinajstić information content (AvgIpc) is 3.19. The molecule has 1 saturated heterocycles. The van der Waals surface area contributed by atoms with Crippen LogP contribution in [0, 0.1) is 23.2 Å². The molecule has 4 aliphatic rings. The number of benzene rings is 2. The van der Waals surface area contributed by atoms with Gasteiger partial charge in [-0.05, 0) is 97.6 Å². The normalized spacial score (nSPS) is 30.8. The SMILES string of the molecule is C[C@]12CC[C@@H]3c4ccc(Nc5ccccc5)cc4CC[C@H]3[C@@H]1[C@@H](CCCC(=O)N1CCOCC1)CC2=O. The largest absolute Gasteiger partial charge is 0.378 e. The Labute approximate surface area is 221 Å². The van der Waals surface area contributed by atoms with Gasteiger partial charge in [-0.2, -0.15) is 0 Å². The molecule has 2 aromatic rings. The molecule has 3 fully saturated rings. The van der Waals surface area contributed by atoms with Crippen molar-refractivity contribution in [2.45, 2.75) is 64.2 Å². The van der Waals surface area contributed by atoms with Gasteiger partial charge in [-0.1, -0.05) is 31.2 Å². The molecule has 5 heteroatoms. The van der Waals surface area contributed by atoms with Crippen molar-refractivity contribution in [1.82, 2.24) is 4.90 Å². The Morgan fingerprint density at radius 1 is 1.08 bits per heavy atom. The standard InChI is InChI=1S/C32H40N2O3/c1-32-15-14-27-26-13-11-25(33-24-7-3-2-4-8-24)20-22(26)10-12-28(27)31(32)23(21-29(32)35)6-5-9-30(36)34-16-18-37-19-17-34/h2-4,7-8,11,13,20,23,27-28,31,33H,5-6,9-10,12,14-19,21H2,1H3/t23-,27+,28+,31-,32+/m0/s1. The van der Waals surface area contributed by atoms with Gasteiger partial charge in [0, 0.05) is 42.7 Å². The Morgan fingerprint density at radius 3 is 2.70 bits per heavy atom. The van der Waals surface area contributed by atoms with Crippen LogP contribution in [0.15, 0.2) is 48.5 Å². The summed E-state index contributed by atoms with van der Waals surface area (Å²) in [7, 11) is 0. The minimum Gasteiger partial charge on any atom is -0.378 e. The molecule has 3 aliphatic carbocycles. The first-order valence-electron chi connectivity index (χ1n) is 14.4. The van der Waals surface area contributed by atoms with Crippen molar-refractivity contribution in [3.05, 3.63) is 59.7 Å². The zero-order valence-corrected chi connectivity index (χ0v) is 22.1. The summed E-state index contributed by atoms with van der Waals surface area (Å²) in [6.45, 7) is 4.99. The van der Waals surface area contributed by atoms with E-state index in [1.807, 2.05) is 11.0 Å². The zero-order chi connectivity index (χ0) is 25.4. The van der Waals surface area contributed by atoms with Crippen molar-refractivity contribution in [3.8, 4) is 0 Å². The monoisotopic (exact) mass is 500 g/mol. The number of anilines is 2. The first-order valence-corrected chi connectivity index (χ1v) is 14.4. The second-order valence-corrected chi connectivity index (χ2v) is 12.0. The molecular weight excluding hydrogens is 460 g/mol. The summed E-state index contributed by atoms with van der Waals surface area (Å²) in [5.74, 6) is 2.73. The number of amides is 1. The van der Waals surface area contributed by atoms with Gasteiger partial charge in [0.05, 0.1) is 13.2 Å². The summed E-state index contributed by atoms with van der Waals surface area (Å²) in [6.07, 6.45) is 7.58. The number of hydrogen-bond acceptors (Lipinski definition) is 4. The highest BCUT2D eigenvalue weighted by atomic mass is 16.5. The molecule has 0 bridgehead atoms. The lowest BCUT2D eigenvalue weighted by Gasteiger charge is -2.50. The molecule has 0 aromatic heterocycles. The average molecular weight is 501 g/mol. The van der Waals surface area contributed by atoms with E-state index in [0.717, 1.165) is 43.5 Å². The van der Waals surface area contributed by atoms with E-state index in [1.165, 1.54) is 17.5 Å². The maximum absolute atomic E-state index is 13.3. The van der Waals surface area contributed by atoms with Crippen LogP contribution in [0.4, 0.5) is 11.4 Å². The topological polar surface area (TPSA) is 58.6 Å². The molecule has 2 saturated carbocycles. The minimum absolute atomic E-state index is 0.174. The van der Waals surface area contributed by atoms with Crippen molar-refractivity contribution >= 4 is 23.1 Å². The molecule has 2 aromatic carbocycles. The first kappa shape index (κ1) is 24.7. The van der Waals surface area contributed by atoms with Crippen LogP contribution in [-0.4, -0.2) is 42.9 Å². The zero-order valence-electron chi connectivity index (χ0n) is 22.1. The minimum atomic E-state index is -0.174. The van der Waals surface area contributed by atoms with Crippen LogP contribution in [0.3, 0.4) is 0 Å². The Kier molecular flexibility index (Phi) is 6.83. The van der Waals surface area contributed by atoms with E-state index < -0.39 is 0 Å². The van der Waals surface area contributed by atoms with Crippen LogP contribution in [-0.2, 0) is 20.7 Å². The van der Waals surface area contributed by atoms with E-state index in [-0.39, 0.29) is 11.3 Å². The molecule has 6 rings (SSSR count). The fraction of sp³-hybridized carbons (Fsp3) is 0.562. The number of aryl methyl sites for hydroxylation is 1. The third-order valence-electron chi connectivity index (χ3n) is 9.96. The molecule has 1 N–H and O–H groups in total. The second-order valence-electron chi connectivity index (χ2n) is 12.0. The molecule has 0 spiro atoms. The maximum atomic E-state index is 13.3. The Morgan fingerprint density at radius 2 is 1.89 bits per heavy atom. The van der Waals surface area contributed by atoms with Gasteiger partial charge < -0.3 is 15.0 Å². The van der Waals surface area contributed by atoms with E-state index in [2.05, 4.69) is 54.7 Å². The molecule has 0 unspecified atom stereocenters. The number of fused-ring (bicyclic) bond motifs is 5. The van der Waals surface area contributed by atoms with Crippen molar-refractivity contribution in [1.29, 1.82) is 0 Å². The van der Waals surface area contributed by atoms with Gasteiger partial charge in [-0.25, -0.2) is 0 Å². The van der Waals surface area contributed by atoms with Gasteiger partial charge in [0.2, 0.25) is 5.91 Å². The predicted octanol–water partition coefficient (Wildman–Crippen LogP) is 6.11. The quantitative estimate of drug-likeness (QED) is 0.520. The Balaban J connectivity index is 1.15. The van der Waals surface area contributed by atoms with Gasteiger partial charge in [-0.3, -0.25) is 9.59 Å². The highest BCUT2D eigenvalue weighted by Crippen LogP contribution is 2.62. The molecule has 37 heavy (non-hydrogen) atoms. The number of nitrogens with zero attached hydrogens (tertiary/aromatic N) is 1. The van der Waals surface area contributed by atoms with Gasteiger partial charge in [0.1, 0.15) is 5.78 Å². The highest BCUT2D eigenvalue weighted by molar-refractivity contribution is 5.87. The van der Waals surface area contributed by atoms with Crippen LogP contribution >= 0.6 is 0 Å². The number of morpholine rings is 1. The number of carbonyl (C=O) groups excluding carboxylic acids is 2. The summed E-state index contributed by atoms with van der Waals surface area (Å²) in [5.41, 5.74) is 5.08. The highest BCUT2D eigenvalue weighted by Gasteiger charge is 2.58. The van der Waals surface area contributed by atoms with E-state index in [1.54, 1.807) is 0 Å². The number of nitrogens with one attached hydrogen (secondary N) is 1. The molecule has 0 radical (unpaired) electrons. The Bertz CT molecular complexity index is 1140. The Hall–Kier alpha value is -2.66. The van der Waals surface area contributed by atoms with E-state index in [9.17, 15) is 9.59 Å². The fourth-order valence-electron chi connectivity index (χ4n) is 8.16. The summed E-state index contributed by atoms with van der Waals surface area (Å²) in [5, 5.41) is 3.56. The number of ketones is 1. The van der Waals surface area contributed by atoms with E-state index in [4.69, 9.17) is 4.74 Å².